The van der Waals surface area contributed by atoms with Crippen LogP contribution in [0.4, 0.5) is 0 Å². The lowest BCUT2D eigenvalue weighted by Crippen LogP contribution is -2.53. The number of amides is 2. The number of fused-ring (bicyclic) bond motifs is 1. The predicted octanol–water partition coefficient (Wildman–Crippen LogP) is 2.76. The standard InChI is InChI=1S/C19H19ClN2O4/c1-3-21-18(26)19(2)13-7-5-4-6-11(13)10-22(19)17(25)12-8-14(20)16(24)9-15(12)23/h4-9,23-24H,3,10H2,1-2H3,(H,21,26). The van der Waals surface area contributed by atoms with E-state index in [2.05, 4.69) is 5.32 Å². The fourth-order valence-electron chi connectivity index (χ4n) is 3.33. The average Bonchev–Trinajstić information content (AvgIpc) is 2.92. The van der Waals surface area contributed by atoms with E-state index < -0.39 is 17.2 Å². The summed E-state index contributed by atoms with van der Waals surface area (Å²) in [5.74, 6) is -1.57. The zero-order valence-electron chi connectivity index (χ0n) is 14.4. The van der Waals surface area contributed by atoms with Gasteiger partial charge in [0.2, 0.25) is 5.91 Å². The molecule has 3 N–H and O–H groups in total. The molecule has 2 aromatic carbocycles. The molecule has 0 aliphatic carbocycles. The number of carbonyl (C=O) groups is 2. The van der Waals surface area contributed by atoms with Crippen molar-refractivity contribution in [2.75, 3.05) is 6.54 Å². The van der Waals surface area contributed by atoms with Crippen LogP contribution >= 0.6 is 11.6 Å². The van der Waals surface area contributed by atoms with E-state index in [4.69, 9.17) is 11.6 Å². The summed E-state index contributed by atoms with van der Waals surface area (Å²) in [6.45, 7) is 4.14. The minimum Gasteiger partial charge on any atom is -0.507 e. The van der Waals surface area contributed by atoms with E-state index in [1.807, 2.05) is 24.3 Å². The number of carbonyl (C=O) groups excluding carboxylic acids is 2. The molecule has 7 heteroatoms. The van der Waals surface area contributed by atoms with Crippen LogP contribution in [0.2, 0.25) is 5.02 Å². The number of hydrogen-bond acceptors (Lipinski definition) is 4. The number of likely N-dealkylation sites (N-methyl/N-ethyl adjacent to an activating group) is 1. The molecule has 0 saturated carbocycles. The Hall–Kier alpha value is -2.73. The monoisotopic (exact) mass is 374 g/mol. The molecule has 0 fully saturated rings. The van der Waals surface area contributed by atoms with Crippen LogP contribution in [0.3, 0.4) is 0 Å². The van der Waals surface area contributed by atoms with Crippen molar-refractivity contribution in [3.05, 3.63) is 58.1 Å². The van der Waals surface area contributed by atoms with Crippen molar-refractivity contribution in [2.45, 2.75) is 25.9 Å². The molecule has 3 rings (SSSR count). The van der Waals surface area contributed by atoms with E-state index >= 15 is 0 Å². The number of halogens is 1. The van der Waals surface area contributed by atoms with Gasteiger partial charge in [0.05, 0.1) is 10.6 Å². The van der Waals surface area contributed by atoms with Crippen molar-refractivity contribution in [1.82, 2.24) is 10.2 Å². The van der Waals surface area contributed by atoms with Gasteiger partial charge in [-0.25, -0.2) is 0 Å². The molecule has 136 valence electrons. The van der Waals surface area contributed by atoms with E-state index in [0.717, 1.165) is 17.2 Å². The van der Waals surface area contributed by atoms with Crippen molar-refractivity contribution in [2.24, 2.45) is 0 Å². The van der Waals surface area contributed by atoms with Gasteiger partial charge in [0, 0.05) is 19.2 Å². The topological polar surface area (TPSA) is 89.9 Å². The molecule has 2 amide bonds. The maximum absolute atomic E-state index is 13.2. The molecule has 1 aliphatic heterocycles. The molecule has 2 aromatic rings. The number of phenols is 2. The summed E-state index contributed by atoms with van der Waals surface area (Å²) >= 11 is 5.90. The Bertz CT molecular complexity index is 899. The van der Waals surface area contributed by atoms with Gasteiger partial charge in [-0.1, -0.05) is 35.9 Å². The van der Waals surface area contributed by atoms with E-state index in [1.54, 1.807) is 13.8 Å². The Morgan fingerprint density at radius 1 is 1.23 bits per heavy atom. The molecular formula is C19H19ClN2O4. The molecule has 1 heterocycles. The Morgan fingerprint density at radius 3 is 2.62 bits per heavy atom. The number of benzene rings is 2. The largest absolute Gasteiger partial charge is 0.507 e. The van der Waals surface area contributed by atoms with Gasteiger partial charge in [0.15, 0.2) is 0 Å². The first-order valence-electron chi connectivity index (χ1n) is 8.20. The lowest BCUT2D eigenvalue weighted by atomic mass is 9.90. The normalized spacial score (nSPS) is 18.5. The second-order valence-electron chi connectivity index (χ2n) is 6.30. The third-order valence-corrected chi connectivity index (χ3v) is 5.03. The van der Waals surface area contributed by atoms with Gasteiger partial charge in [-0.15, -0.1) is 0 Å². The lowest BCUT2D eigenvalue weighted by molar-refractivity contribution is -0.131. The number of phenolic OH excluding ortho intramolecular Hbond substituents is 2. The van der Waals surface area contributed by atoms with Crippen LogP contribution in [-0.4, -0.2) is 33.5 Å². The highest BCUT2D eigenvalue weighted by molar-refractivity contribution is 6.32. The molecule has 1 aliphatic rings. The van der Waals surface area contributed by atoms with Gasteiger partial charge in [0.1, 0.15) is 17.0 Å². The summed E-state index contributed by atoms with van der Waals surface area (Å²) in [6.07, 6.45) is 0. The lowest BCUT2D eigenvalue weighted by Gasteiger charge is -2.34. The third-order valence-electron chi connectivity index (χ3n) is 4.73. The van der Waals surface area contributed by atoms with Crippen LogP contribution in [0.5, 0.6) is 11.5 Å². The summed E-state index contributed by atoms with van der Waals surface area (Å²) in [5, 5.41) is 22.4. The number of nitrogens with zero attached hydrogens (tertiary/aromatic N) is 1. The molecule has 0 bridgehead atoms. The first-order valence-corrected chi connectivity index (χ1v) is 8.58. The fraction of sp³-hybridized carbons (Fsp3) is 0.263. The summed E-state index contributed by atoms with van der Waals surface area (Å²) in [6, 6.07) is 9.57. The number of nitrogens with one attached hydrogen (secondary N) is 1. The van der Waals surface area contributed by atoms with E-state index in [0.29, 0.717) is 6.54 Å². The summed E-state index contributed by atoms with van der Waals surface area (Å²) in [4.78, 5) is 27.4. The van der Waals surface area contributed by atoms with Gasteiger partial charge in [-0.3, -0.25) is 9.59 Å². The van der Waals surface area contributed by atoms with Gasteiger partial charge in [-0.2, -0.15) is 0 Å². The van der Waals surface area contributed by atoms with Gasteiger partial charge in [-0.05, 0) is 31.0 Å². The molecule has 1 unspecified atom stereocenters. The van der Waals surface area contributed by atoms with Crippen molar-refractivity contribution < 1.29 is 19.8 Å². The van der Waals surface area contributed by atoms with Crippen molar-refractivity contribution in [1.29, 1.82) is 0 Å². The molecule has 6 nitrogen and oxygen atoms in total. The highest BCUT2D eigenvalue weighted by Gasteiger charge is 2.49. The van der Waals surface area contributed by atoms with Crippen LogP contribution in [-0.2, 0) is 16.9 Å². The molecule has 26 heavy (non-hydrogen) atoms. The van der Waals surface area contributed by atoms with Gasteiger partial charge < -0.3 is 20.4 Å². The SMILES string of the molecule is CCNC(=O)C1(C)c2ccccc2CN1C(=O)c1cc(Cl)c(O)cc1O. The summed E-state index contributed by atoms with van der Waals surface area (Å²) < 4.78 is 0. The Morgan fingerprint density at radius 2 is 1.92 bits per heavy atom. The first-order chi connectivity index (χ1) is 12.3. The first kappa shape index (κ1) is 18.1. The second-order valence-corrected chi connectivity index (χ2v) is 6.71. The van der Waals surface area contributed by atoms with Crippen molar-refractivity contribution >= 4 is 23.4 Å². The summed E-state index contributed by atoms with van der Waals surface area (Å²) in [7, 11) is 0. The van der Waals surface area contributed by atoms with Crippen molar-refractivity contribution in [3.8, 4) is 11.5 Å². The van der Waals surface area contributed by atoms with Crippen LogP contribution in [0, 0.1) is 0 Å². The Labute approximate surface area is 156 Å². The van der Waals surface area contributed by atoms with Crippen LogP contribution < -0.4 is 5.32 Å². The maximum Gasteiger partial charge on any atom is 0.259 e. The van der Waals surface area contributed by atoms with E-state index in [1.165, 1.54) is 11.0 Å². The molecule has 1 atom stereocenters. The Balaban J connectivity index is 2.10. The molecule has 0 radical (unpaired) electrons. The second kappa shape index (κ2) is 6.53. The van der Waals surface area contributed by atoms with E-state index in [9.17, 15) is 19.8 Å². The minimum atomic E-state index is -1.22. The van der Waals surface area contributed by atoms with Crippen molar-refractivity contribution in [3.63, 3.8) is 0 Å². The highest BCUT2D eigenvalue weighted by atomic mass is 35.5. The van der Waals surface area contributed by atoms with E-state index in [-0.39, 0.29) is 28.8 Å². The van der Waals surface area contributed by atoms with Gasteiger partial charge in [0.25, 0.3) is 5.91 Å². The van der Waals surface area contributed by atoms with Crippen LogP contribution in [0.25, 0.3) is 0 Å². The number of hydrogen-bond donors (Lipinski definition) is 3. The highest BCUT2D eigenvalue weighted by Crippen LogP contribution is 2.42. The number of rotatable bonds is 3. The maximum atomic E-state index is 13.2. The van der Waals surface area contributed by atoms with Crippen LogP contribution in [0.1, 0.15) is 35.3 Å². The fourth-order valence-corrected chi connectivity index (χ4v) is 3.49. The predicted molar refractivity (Wildman–Crippen MR) is 97.1 cm³/mol. The average molecular weight is 375 g/mol. The zero-order chi connectivity index (χ0) is 19.1. The number of aromatic hydroxyl groups is 2. The zero-order valence-corrected chi connectivity index (χ0v) is 15.2. The summed E-state index contributed by atoms with van der Waals surface area (Å²) in [5.41, 5.74) is 0.305. The van der Waals surface area contributed by atoms with Crippen LogP contribution in [0.15, 0.2) is 36.4 Å². The minimum absolute atomic E-state index is 0.0532. The molecule has 0 spiro atoms. The Kier molecular flexibility index (Phi) is 4.54. The molecule has 0 saturated heterocycles. The molecule has 0 aromatic heterocycles. The van der Waals surface area contributed by atoms with Gasteiger partial charge >= 0.3 is 0 Å². The third kappa shape index (κ3) is 2.66. The smallest absolute Gasteiger partial charge is 0.259 e. The molecular weight excluding hydrogens is 356 g/mol. The quantitative estimate of drug-likeness (QED) is 0.770.